The van der Waals surface area contributed by atoms with E-state index in [1.165, 1.54) is 11.1 Å². The fraction of sp³-hybridized carbons (Fsp3) is 0.429. The van der Waals surface area contributed by atoms with Gasteiger partial charge in [0, 0.05) is 18.2 Å². The van der Waals surface area contributed by atoms with Gasteiger partial charge in [-0.2, -0.15) is 0 Å². The third-order valence-corrected chi connectivity index (χ3v) is 4.82. The molecule has 1 unspecified atom stereocenters. The second-order valence-corrected chi connectivity index (χ2v) is 7.59. The van der Waals surface area contributed by atoms with Crippen LogP contribution in [-0.2, 0) is 13.0 Å². The summed E-state index contributed by atoms with van der Waals surface area (Å²) in [6.45, 7) is 11.1. The van der Waals surface area contributed by atoms with Gasteiger partial charge in [0.25, 0.3) is 5.91 Å². The van der Waals surface area contributed by atoms with Gasteiger partial charge in [0.15, 0.2) is 5.69 Å². The van der Waals surface area contributed by atoms with Gasteiger partial charge < -0.3 is 14.8 Å². The number of allylic oxidation sites excluding steroid dienone is 1. The van der Waals surface area contributed by atoms with E-state index in [0.29, 0.717) is 11.6 Å². The molecule has 6 heteroatoms. The molecule has 2 N–H and O–H groups in total. The molecule has 1 amide bonds. The van der Waals surface area contributed by atoms with E-state index in [1.807, 2.05) is 26.0 Å². The van der Waals surface area contributed by atoms with Crippen LogP contribution < -0.4 is 10.7 Å². The highest BCUT2D eigenvalue weighted by Gasteiger charge is 2.28. The van der Waals surface area contributed by atoms with Crippen LogP contribution in [0.25, 0.3) is 0 Å². The summed E-state index contributed by atoms with van der Waals surface area (Å²) >= 11 is 0. The third kappa shape index (κ3) is 4.39. The predicted molar refractivity (Wildman–Crippen MR) is 105 cm³/mol. The first kappa shape index (κ1) is 19.2. The lowest BCUT2D eigenvalue weighted by Gasteiger charge is -2.22. The van der Waals surface area contributed by atoms with E-state index in [-0.39, 0.29) is 11.9 Å². The van der Waals surface area contributed by atoms with Crippen LogP contribution in [-0.4, -0.2) is 22.1 Å². The molecule has 1 aliphatic heterocycles. The molecule has 144 valence electrons. The number of amides is 1. The lowest BCUT2D eigenvalue weighted by molar-refractivity contribution is 0.0954. The average Bonchev–Trinajstić information content (AvgIpc) is 3.17. The molecule has 6 nitrogen and oxygen atoms in total. The standard InChI is InChI=1S/C21H28N4O2/c1-13(2)10-18-11-19(24-27-18)21(26)22-20-15(4)23-25(16(20)5)12-17-9-7-6-8-14(17)3/h6-9,11,13,15,23H,10,12H2,1-5H3,(H,22,26). The predicted octanol–water partition coefficient (Wildman–Crippen LogP) is 3.55. The van der Waals surface area contributed by atoms with Crippen molar-refractivity contribution in [3.63, 3.8) is 0 Å². The Morgan fingerprint density at radius 1 is 1.33 bits per heavy atom. The monoisotopic (exact) mass is 368 g/mol. The van der Waals surface area contributed by atoms with Crippen molar-refractivity contribution in [2.75, 3.05) is 0 Å². The average molecular weight is 368 g/mol. The van der Waals surface area contributed by atoms with E-state index in [0.717, 1.165) is 30.1 Å². The zero-order valence-corrected chi connectivity index (χ0v) is 16.7. The van der Waals surface area contributed by atoms with Gasteiger partial charge in [-0.15, -0.1) is 0 Å². The lowest BCUT2D eigenvalue weighted by Crippen LogP contribution is -2.37. The number of benzene rings is 1. The molecule has 0 aliphatic carbocycles. The number of aryl methyl sites for hydroxylation is 1. The number of hydrogen-bond donors (Lipinski definition) is 2. The van der Waals surface area contributed by atoms with E-state index in [9.17, 15) is 4.79 Å². The van der Waals surface area contributed by atoms with Gasteiger partial charge in [0.1, 0.15) is 5.76 Å². The number of nitrogens with one attached hydrogen (secondary N) is 2. The summed E-state index contributed by atoms with van der Waals surface area (Å²) in [7, 11) is 0. The van der Waals surface area contributed by atoms with E-state index < -0.39 is 0 Å². The maximum atomic E-state index is 12.6. The van der Waals surface area contributed by atoms with Crippen LogP contribution in [0.3, 0.4) is 0 Å². The Kier molecular flexibility index (Phi) is 5.65. The van der Waals surface area contributed by atoms with Crippen LogP contribution >= 0.6 is 0 Å². The van der Waals surface area contributed by atoms with Gasteiger partial charge in [-0.1, -0.05) is 43.3 Å². The summed E-state index contributed by atoms with van der Waals surface area (Å²) in [5.74, 6) is 0.946. The number of hydrazine groups is 1. The molecule has 0 bridgehead atoms. The molecule has 1 aliphatic rings. The quantitative estimate of drug-likeness (QED) is 0.816. The minimum atomic E-state index is -0.241. The van der Waals surface area contributed by atoms with Crippen molar-refractivity contribution in [2.24, 2.45) is 5.92 Å². The highest BCUT2D eigenvalue weighted by molar-refractivity contribution is 5.93. The lowest BCUT2D eigenvalue weighted by atomic mass is 10.1. The highest BCUT2D eigenvalue weighted by Crippen LogP contribution is 2.22. The van der Waals surface area contributed by atoms with Gasteiger partial charge in [-0.25, -0.2) is 5.43 Å². The first-order valence-electron chi connectivity index (χ1n) is 9.41. The number of nitrogens with zero attached hydrogens (tertiary/aromatic N) is 2. The SMILES string of the molecule is CC1=C(NC(=O)c2cc(CC(C)C)on2)C(C)NN1Cc1ccccc1C. The molecule has 27 heavy (non-hydrogen) atoms. The van der Waals surface area contributed by atoms with Crippen LogP contribution in [0.15, 0.2) is 46.2 Å². The molecule has 2 heterocycles. The zero-order chi connectivity index (χ0) is 19.6. The van der Waals surface area contributed by atoms with E-state index >= 15 is 0 Å². The minimum Gasteiger partial charge on any atom is -0.361 e. The van der Waals surface area contributed by atoms with Crippen LogP contribution in [0.2, 0.25) is 0 Å². The van der Waals surface area contributed by atoms with Crippen LogP contribution in [0.1, 0.15) is 55.1 Å². The largest absolute Gasteiger partial charge is 0.361 e. The van der Waals surface area contributed by atoms with Gasteiger partial charge in [0.2, 0.25) is 0 Å². The maximum Gasteiger partial charge on any atom is 0.277 e. The van der Waals surface area contributed by atoms with Crippen molar-refractivity contribution in [3.8, 4) is 0 Å². The first-order chi connectivity index (χ1) is 12.8. The van der Waals surface area contributed by atoms with Crippen LogP contribution in [0.4, 0.5) is 0 Å². The van der Waals surface area contributed by atoms with Gasteiger partial charge >= 0.3 is 0 Å². The smallest absolute Gasteiger partial charge is 0.277 e. The van der Waals surface area contributed by atoms with Crippen molar-refractivity contribution < 1.29 is 9.32 Å². The number of hydrogen-bond acceptors (Lipinski definition) is 5. The summed E-state index contributed by atoms with van der Waals surface area (Å²) in [4.78, 5) is 12.6. The molecule has 0 radical (unpaired) electrons. The number of carbonyl (C=O) groups excluding carboxylic acids is 1. The first-order valence-corrected chi connectivity index (χ1v) is 9.41. The number of aromatic nitrogens is 1. The summed E-state index contributed by atoms with van der Waals surface area (Å²) in [5, 5.41) is 9.00. The Morgan fingerprint density at radius 3 is 2.78 bits per heavy atom. The molecule has 1 aromatic heterocycles. The Bertz CT molecular complexity index is 853. The van der Waals surface area contributed by atoms with E-state index in [1.54, 1.807) is 6.07 Å². The number of carbonyl (C=O) groups is 1. The molecule has 0 fully saturated rings. The van der Waals surface area contributed by atoms with Gasteiger partial charge in [-0.05, 0) is 37.8 Å². The van der Waals surface area contributed by atoms with Gasteiger partial charge in [-0.3, -0.25) is 4.79 Å². The molecule has 2 aromatic rings. The molecule has 0 saturated carbocycles. The van der Waals surface area contributed by atoms with E-state index in [4.69, 9.17) is 4.52 Å². The molecular weight excluding hydrogens is 340 g/mol. The van der Waals surface area contributed by atoms with Crippen molar-refractivity contribution in [1.29, 1.82) is 0 Å². The Hall–Kier alpha value is -2.60. The second-order valence-electron chi connectivity index (χ2n) is 7.59. The zero-order valence-electron chi connectivity index (χ0n) is 16.7. The van der Waals surface area contributed by atoms with Crippen molar-refractivity contribution >= 4 is 5.91 Å². The fourth-order valence-corrected chi connectivity index (χ4v) is 3.28. The van der Waals surface area contributed by atoms with Crippen molar-refractivity contribution in [3.05, 3.63) is 64.3 Å². The van der Waals surface area contributed by atoms with Gasteiger partial charge in [0.05, 0.1) is 18.3 Å². The van der Waals surface area contributed by atoms with Crippen molar-refractivity contribution in [1.82, 2.24) is 20.9 Å². The topological polar surface area (TPSA) is 70.4 Å². The molecule has 1 atom stereocenters. The Balaban J connectivity index is 1.71. The summed E-state index contributed by atoms with van der Waals surface area (Å²) < 4.78 is 5.28. The normalized spacial score (nSPS) is 17.1. The minimum absolute atomic E-state index is 0.0139. The maximum absolute atomic E-state index is 12.6. The summed E-state index contributed by atoms with van der Waals surface area (Å²) in [6.07, 6.45) is 0.768. The Labute approximate surface area is 160 Å². The Morgan fingerprint density at radius 2 is 2.07 bits per heavy atom. The third-order valence-electron chi connectivity index (χ3n) is 4.82. The fourth-order valence-electron chi connectivity index (χ4n) is 3.28. The molecule has 1 aromatic carbocycles. The highest BCUT2D eigenvalue weighted by atomic mass is 16.5. The van der Waals surface area contributed by atoms with Crippen LogP contribution in [0, 0.1) is 12.8 Å². The second kappa shape index (κ2) is 7.96. The molecular formula is C21H28N4O2. The van der Waals surface area contributed by atoms with Crippen molar-refractivity contribution in [2.45, 2.75) is 53.6 Å². The summed E-state index contributed by atoms with van der Waals surface area (Å²) in [5.41, 5.74) is 8.10. The van der Waals surface area contributed by atoms with Crippen LogP contribution in [0.5, 0.6) is 0 Å². The number of rotatable bonds is 6. The molecule has 3 rings (SSSR count). The molecule has 0 spiro atoms. The summed E-state index contributed by atoms with van der Waals surface area (Å²) in [6, 6.07) is 10.1. The van der Waals surface area contributed by atoms with E-state index in [2.05, 4.69) is 53.8 Å². The molecule has 0 saturated heterocycles.